The minimum absolute atomic E-state index is 0.176. The molecule has 2 aromatic rings. The number of halogens is 1. The first-order valence-corrected chi connectivity index (χ1v) is 11.1. The predicted molar refractivity (Wildman–Crippen MR) is 96.7 cm³/mol. The van der Waals surface area contributed by atoms with Crippen LogP contribution in [0.25, 0.3) is 0 Å². The Kier molecular flexibility index (Phi) is 6.46. The van der Waals surface area contributed by atoms with Gasteiger partial charge in [-0.3, -0.25) is 0 Å². The van der Waals surface area contributed by atoms with Crippen molar-refractivity contribution >= 4 is 26.3 Å². The van der Waals surface area contributed by atoms with Crippen LogP contribution < -0.4 is 4.48 Å². The molecule has 1 atom stereocenters. The van der Waals surface area contributed by atoms with Gasteiger partial charge in [-0.05, 0) is 0 Å². The first kappa shape index (κ1) is 17.9. The first-order valence-electron chi connectivity index (χ1n) is 8.52. The Morgan fingerprint density at radius 3 is 2.68 bits per heavy atom. The molecule has 3 rings (SSSR count). The van der Waals surface area contributed by atoms with Crippen LogP contribution in [0.2, 0.25) is 5.21 Å². The second kappa shape index (κ2) is 9.00. The summed E-state index contributed by atoms with van der Waals surface area (Å²) in [6.07, 6.45) is 3.33. The quantitative estimate of drug-likeness (QED) is 0.720. The molecule has 1 aliphatic rings. The fourth-order valence-electron chi connectivity index (χ4n) is 2.89. The monoisotopic (exact) mass is 404 g/mol. The molecule has 0 spiro atoms. The summed E-state index contributed by atoms with van der Waals surface area (Å²) in [5, 5.41) is 1.03. The van der Waals surface area contributed by atoms with Gasteiger partial charge in [-0.2, -0.15) is 0 Å². The third-order valence-corrected chi connectivity index (χ3v) is 7.51. The number of benzene rings is 1. The van der Waals surface area contributed by atoms with E-state index >= 15 is 0 Å². The molecule has 4 nitrogen and oxygen atoms in total. The van der Waals surface area contributed by atoms with Crippen LogP contribution in [0.1, 0.15) is 18.4 Å². The Hall–Kier alpha value is -1.87. The summed E-state index contributed by atoms with van der Waals surface area (Å²) < 4.78 is 19.7. The summed E-state index contributed by atoms with van der Waals surface area (Å²) in [6.45, 7) is 1.75. The van der Waals surface area contributed by atoms with Crippen LogP contribution >= 0.6 is 0 Å². The van der Waals surface area contributed by atoms with Crippen molar-refractivity contribution < 1.29 is 13.9 Å². The molecule has 1 fully saturated rings. The van der Waals surface area contributed by atoms with Crippen LogP contribution in [0.5, 0.6) is 0 Å². The van der Waals surface area contributed by atoms with Crippen LogP contribution in [-0.4, -0.2) is 44.8 Å². The summed E-state index contributed by atoms with van der Waals surface area (Å²) in [5.41, 5.74) is 0.994. The molecule has 0 N–H and O–H groups in total. The molecule has 0 radical (unpaired) electrons. The maximum atomic E-state index is 13.6. The number of nitrogens with zero attached hydrogens (tertiary/aromatic N) is 2. The zero-order valence-corrected chi connectivity index (χ0v) is 16.1. The van der Waals surface area contributed by atoms with E-state index in [0.29, 0.717) is 17.0 Å². The van der Waals surface area contributed by atoms with Gasteiger partial charge in [0.1, 0.15) is 0 Å². The van der Waals surface area contributed by atoms with Gasteiger partial charge in [0.05, 0.1) is 0 Å². The molecule has 0 bridgehead atoms. The zero-order chi connectivity index (χ0) is 17.5. The molecular weight excluding hydrogens is 382 g/mol. The molecule has 1 amide bonds. The van der Waals surface area contributed by atoms with E-state index in [9.17, 15) is 9.18 Å². The summed E-state index contributed by atoms with van der Waals surface area (Å²) in [6, 6.07) is 12.8. The van der Waals surface area contributed by atoms with Gasteiger partial charge in [0, 0.05) is 0 Å². The summed E-state index contributed by atoms with van der Waals surface area (Å²) in [4.78, 5) is 18.1. The van der Waals surface area contributed by atoms with Gasteiger partial charge in [-0.1, -0.05) is 0 Å². The number of aromatic nitrogens is 1. The van der Waals surface area contributed by atoms with Crippen molar-refractivity contribution in [2.24, 2.45) is 5.92 Å². The van der Waals surface area contributed by atoms with Gasteiger partial charge in [-0.15, -0.1) is 0 Å². The molecule has 1 aromatic carbocycles. The molecule has 1 unspecified atom stereocenters. The molecule has 1 saturated heterocycles. The Bertz CT molecular complexity index is 691. The van der Waals surface area contributed by atoms with Crippen LogP contribution in [0, 0.1) is 11.7 Å². The molecule has 2 heterocycles. The predicted octanol–water partition coefficient (Wildman–Crippen LogP) is 2.75. The summed E-state index contributed by atoms with van der Waals surface area (Å²) >= 11 is -0.553. The van der Waals surface area contributed by atoms with Crippen LogP contribution in [-0.2, 0) is 11.3 Å². The van der Waals surface area contributed by atoms with Crippen molar-refractivity contribution in [3.05, 3.63) is 60.0 Å². The number of amides is 1. The summed E-state index contributed by atoms with van der Waals surface area (Å²) in [7, 11) is 0. The van der Waals surface area contributed by atoms with E-state index in [0.717, 1.165) is 36.7 Å². The molecule has 25 heavy (non-hydrogen) atoms. The molecule has 1 aromatic heterocycles. The number of hydrogen-bond donors (Lipinski definition) is 0. The molecule has 132 valence electrons. The van der Waals surface area contributed by atoms with Crippen molar-refractivity contribution in [2.45, 2.75) is 24.7 Å². The topological polar surface area (TPSA) is 42.4 Å². The third kappa shape index (κ3) is 5.30. The normalized spacial score (nSPS) is 15.6. The van der Waals surface area contributed by atoms with Crippen molar-refractivity contribution in [1.82, 2.24) is 9.88 Å². The van der Waals surface area contributed by atoms with E-state index < -0.39 is 15.8 Å². The van der Waals surface area contributed by atoms with E-state index in [1.165, 1.54) is 6.07 Å². The minimum atomic E-state index is -0.553. The van der Waals surface area contributed by atoms with Crippen molar-refractivity contribution in [2.75, 3.05) is 13.1 Å². The first-order chi connectivity index (χ1) is 12.2. The number of rotatable bonds is 5. The molecule has 1 aliphatic heterocycles. The average molecular weight is 404 g/mol. The fraction of sp³-hybridized carbons (Fsp3) is 0.368. The van der Waals surface area contributed by atoms with Gasteiger partial charge < -0.3 is 0 Å². The van der Waals surface area contributed by atoms with Crippen LogP contribution in [0.15, 0.2) is 48.7 Å². The number of carbonyl (C=O) groups excluding carboxylic acids is 1. The van der Waals surface area contributed by atoms with E-state index in [1.54, 1.807) is 17.2 Å². The van der Waals surface area contributed by atoms with E-state index in [1.807, 2.05) is 30.3 Å². The van der Waals surface area contributed by atoms with E-state index in [-0.39, 0.29) is 11.9 Å². The van der Waals surface area contributed by atoms with Crippen molar-refractivity contribution in [3.63, 3.8) is 0 Å². The second-order valence-electron chi connectivity index (χ2n) is 6.19. The molecule has 0 aliphatic carbocycles. The number of piperidine rings is 1. The standard InChI is InChI=1S/C19H22AsFN2O2/c21-17-7-4-10-22-18(17)20-13-15-8-11-23(12-9-15)19(24)25-14-16-5-2-1-3-6-16/h1-7,10,15,20H,8-9,11-14H2. The number of likely N-dealkylation sites (tertiary alicyclic amines) is 1. The van der Waals surface area contributed by atoms with Crippen molar-refractivity contribution in [3.8, 4) is 0 Å². The third-order valence-electron chi connectivity index (χ3n) is 4.39. The average Bonchev–Trinajstić information content (AvgIpc) is 2.67. The Morgan fingerprint density at radius 1 is 1.20 bits per heavy atom. The molecular formula is C19H22AsFN2O2. The van der Waals surface area contributed by atoms with Crippen LogP contribution in [0.3, 0.4) is 0 Å². The van der Waals surface area contributed by atoms with Crippen molar-refractivity contribution in [1.29, 1.82) is 0 Å². The number of carbonyl (C=O) groups is 1. The summed E-state index contributed by atoms with van der Waals surface area (Å²) in [5.74, 6) is 0.379. The fourth-order valence-corrected chi connectivity index (χ4v) is 5.63. The van der Waals surface area contributed by atoms with Gasteiger partial charge in [0.25, 0.3) is 0 Å². The Labute approximate surface area is 154 Å². The molecule has 6 heteroatoms. The van der Waals surface area contributed by atoms with E-state index in [4.69, 9.17) is 4.74 Å². The van der Waals surface area contributed by atoms with E-state index in [2.05, 4.69) is 4.98 Å². The van der Waals surface area contributed by atoms with Gasteiger partial charge in [-0.25, -0.2) is 0 Å². The Balaban J connectivity index is 1.39. The number of hydrogen-bond acceptors (Lipinski definition) is 3. The maximum absolute atomic E-state index is 13.6. The number of ether oxygens (including phenoxy) is 1. The second-order valence-corrected chi connectivity index (χ2v) is 8.78. The Morgan fingerprint density at radius 2 is 1.96 bits per heavy atom. The van der Waals surface area contributed by atoms with Gasteiger partial charge in [0.15, 0.2) is 0 Å². The van der Waals surface area contributed by atoms with Gasteiger partial charge in [0.2, 0.25) is 0 Å². The SMILES string of the molecule is O=C(OCc1ccccc1)N1CCC(C[AsH]c2ncccc2F)CC1. The molecule has 0 saturated carbocycles. The zero-order valence-electron chi connectivity index (χ0n) is 14.0. The number of pyridine rings is 1. The van der Waals surface area contributed by atoms with Gasteiger partial charge >= 0.3 is 154 Å². The van der Waals surface area contributed by atoms with Crippen LogP contribution in [0.4, 0.5) is 9.18 Å².